The Kier molecular flexibility index (Phi) is 4.73. The van der Waals surface area contributed by atoms with Crippen molar-refractivity contribution in [1.82, 2.24) is 14.9 Å². The maximum absolute atomic E-state index is 14.0. The molecule has 0 spiro atoms. The van der Waals surface area contributed by atoms with Gasteiger partial charge in [0.2, 0.25) is 6.79 Å². The van der Waals surface area contributed by atoms with Crippen molar-refractivity contribution in [3.63, 3.8) is 0 Å². The first-order chi connectivity index (χ1) is 16.2. The van der Waals surface area contributed by atoms with E-state index in [-0.39, 0.29) is 24.7 Å². The van der Waals surface area contributed by atoms with Gasteiger partial charge < -0.3 is 24.3 Å². The van der Waals surface area contributed by atoms with Crippen molar-refractivity contribution in [2.24, 2.45) is 0 Å². The Balaban J connectivity index is 1.51. The molecule has 2 aliphatic rings. The molecule has 0 amide bonds. The van der Waals surface area contributed by atoms with Gasteiger partial charge >= 0.3 is 0 Å². The minimum atomic E-state index is -0.291. The number of pyridine rings is 1. The maximum Gasteiger partial charge on any atom is 0.231 e. The molecular weight excluding hydrogens is 439 g/mol. The Labute approximate surface area is 195 Å². The lowest BCUT2D eigenvalue weighted by Gasteiger charge is -2.29. The first kappa shape index (κ1) is 19.8. The van der Waals surface area contributed by atoms with Crippen molar-refractivity contribution in [3.8, 4) is 17.2 Å². The van der Waals surface area contributed by atoms with Crippen molar-refractivity contribution in [2.75, 3.05) is 11.7 Å². The summed E-state index contributed by atoms with van der Waals surface area (Å²) < 4.78 is 27.1. The fourth-order valence-corrected chi connectivity index (χ4v) is 4.81. The van der Waals surface area contributed by atoms with Crippen LogP contribution in [0.4, 0.5) is 10.1 Å². The van der Waals surface area contributed by atoms with Crippen LogP contribution < -0.4 is 19.7 Å². The molecule has 164 valence electrons. The van der Waals surface area contributed by atoms with E-state index in [0.717, 1.165) is 22.8 Å². The standard InChI is InChI=1S/C25H19FN4O2S/c26-16-5-3-6-17(13-16)29-12-4-8-20(29)24-23(19-7-1-2-11-27-19)28-25(33)30(24)18-9-10-21-22(14-18)32-15-31-21/h1-14,23-24H,15H2,(H,28,33)/t23-,24+/m1/s1. The molecule has 2 atom stereocenters. The van der Waals surface area contributed by atoms with Gasteiger partial charge in [0.25, 0.3) is 0 Å². The number of hydrogen-bond donors (Lipinski definition) is 1. The van der Waals surface area contributed by atoms with Crippen LogP contribution in [0.15, 0.2) is 85.2 Å². The van der Waals surface area contributed by atoms with E-state index in [1.165, 1.54) is 12.1 Å². The fourth-order valence-electron chi connectivity index (χ4n) is 4.46. The van der Waals surface area contributed by atoms with Gasteiger partial charge in [0.15, 0.2) is 16.6 Å². The van der Waals surface area contributed by atoms with Crippen molar-refractivity contribution < 1.29 is 13.9 Å². The van der Waals surface area contributed by atoms with E-state index in [2.05, 4.69) is 15.2 Å². The number of thiocarbonyl (C=S) groups is 1. The molecule has 0 aliphatic carbocycles. The number of aromatic nitrogens is 2. The van der Waals surface area contributed by atoms with Gasteiger partial charge in [-0.2, -0.15) is 0 Å². The number of nitrogens with one attached hydrogen (secondary N) is 1. The van der Waals surface area contributed by atoms with E-state index >= 15 is 0 Å². The van der Waals surface area contributed by atoms with Crippen LogP contribution in [0.1, 0.15) is 23.5 Å². The number of hydrogen-bond acceptors (Lipinski definition) is 4. The number of halogens is 1. The van der Waals surface area contributed by atoms with Gasteiger partial charge in [-0.1, -0.05) is 12.1 Å². The summed E-state index contributed by atoms with van der Waals surface area (Å²) in [7, 11) is 0. The molecule has 1 fully saturated rings. The van der Waals surface area contributed by atoms with Gasteiger partial charge in [-0.3, -0.25) is 4.98 Å². The molecule has 8 heteroatoms. The normalized spacial score (nSPS) is 19.1. The predicted octanol–water partition coefficient (Wildman–Crippen LogP) is 4.92. The molecule has 4 heterocycles. The monoisotopic (exact) mass is 458 g/mol. The topological polar surface area (TPSA) is 51.6 Å². The average Bonchev–Trinajstić information content (AvgIpc) is 3.57. The zero-order chi connectivity index (χ0) is 22.4. The zero-order valence-electron chi connectivity index (χ0n) is 17.4. The summed E-state index contributed by atoms with van der Waals surface area (Å²) in [6.07, 6.45) is 3.70. The highest BCUT2D eigenvalue weighted by Gasteiger charge is 2.42. The number of rotatable bonds is 4. The number of benzene rings is 2. The van der Waals surface area contributed by atoms with Gasteiger partial charge in [-0.25, -0.2) is 4.39 Å². The van der Waals surface area contributed by atoms with Crippen LogP contribution in [-0.4, -0.2) is 21.5 Å². The Bertz CT molecular complexity index is 1340. The molecule has 33 heavy (non-hydrogen) atoms. The highest BCUT2D eigenvalue weighted by Crippen LogP contribution is 2.44. The van der Waals surface area contributed by atoms with Crippen LogP contribution in [0.25, 0.3) is 5.69 Å². The molecule has 1 N–H and O–H groups in total. The van der Waals surface area contributed by atoms with Crippen LogP contribution >= 0.6 is 12.2 Å². The third kappa shape index (κ3) is 3.39. The fraction of sp³-hybridized carbons (Fsp3) is 0.120. The minimum absolute atomic E-state index is 0.198. The third-order valence-electron chi connectivity index (χ3n) is 5.90. The predicted molar refractivity (Wildman–Crippen MR) is 126 cm³/mol. The second-order valence-corrected chi connectivity index (χ2v) is 8.20. The van der Waals surface area contributed by atoms with Gasteiger partial charge in [-0.05, 0) is 66.8 Å². The van der Waals surface area contributed by atoms with Gasteiger partial charge in [-0.15, -0.1) is 0 Å². The molecular formula is C25H19FN4O2S. The Morgan fingerprint density at radius 3 is 2.70 bits per heavy atom. The van der Waals surface area contributed by atoms with Crippen LogP contribution in [0, 0.1) is 5.82 Å². The van der Waals surface area contributed by atoms with Crippen molar-refractivity contribution in [1.29, 1.82) is 0 Å². The largest absolute Gasteiger partial charge is 0.454 e. The number of anilines is 1. The lowest BCUT2D eigenvalue weighted by molar-refractivity contribution is 0.174. The Morgan fingerprint density at radius 1 is 0.939 bits per heavy atom. The highest BCUT2D eigenvalue weighted by atomic mass is 32.1. The number of fused-ring (bicyclic) bond motifs is 1. The van der Waals surface area contributed by atoms with Gasteiger partial charge in [0.05, 0.1) is 11.7 Å². The van der Waals surface area contributed by atoms with Gasteiger partial charge in [0.1, 0.15) is 11.9 Å². The lowest BCUT2D eigenvalue weighted by atomic mass is 10.0. The molecule has 6 rings (SSSR count). The molecule has 1 saturated heterocycles. The van der Waals surface area contributed by atoms with E-state index in [4.69, 9.17) is 21.7 Å². The summed E-state index contributed by atoms with van der Waals surface area (Å²) >= 11 is 5.81. The number of ether oxygens (including phenoxy) is 2. The second-order valence-electron chi connectivity index (χ2n) is 7.82. The third-order valence-corrected chi connectivity index (χ3v) is 6.22. The summed E-state index contributed by atoms with van der Waals surface area (Å²) in [4.78, 5) is 6.65. The highest BCUT2D eigenvalue weighted by molar-refractivity contribution is 7.80. The molecule has 0 saturated carbocycles. The second kappa shape index (κ2) is 7.90. The van der Waals surface area contributed by atoms with E-state index in [0.29, 0.717) is 16.6 Å². The Morgan fingerprint density at radius 2 is 1.85 bits per heavy atom. The van der Waals surface area contributed by atoms with Crippen LogP contribution in [0.3, 0.4) is 0 Å². The molecule has 0 unspecified atom stereocenters. The van der Waals surface area contributed by atoms with E-state index in [9.17, 15) is 4.39 Å². The van der Waals surface area contributed by atoms with Crippen molar-refractivity contribution in [3.05, 3.63) is 102 Å². The quantitative estimate of drug-likeness (QED) is 0.438. The maximum atomic E-state index is 14.0. The molecule has 2 aromatic heterocycles. The summed E-state index contributed by atoms with van der Waals surface area (Å²) in [5, 5.41) is 4.02. The first-order valence-electron chi connectivity index (χ1n) is 10.5. The van der Waals surface area contributed by atoms with Crippen LogP contribution in [0.5, 0.6) is 11.5 Å². The molecule has 2 aromatic carbocycles. The first-order valence-corrected chi connectivity index (χ1v) is 10.9. The summed E-state index contributed by atoms with van der Waals surface area (Å²) in [6.45, 7) is 0.198. The van der Waals surface area contributed by atoms with E-state index in [1.54, 1.807) is 12.3 Å². The van der Waals surface area contributed by atoms with Crippen molar-refractivity contribution >= 4 is 23.0 Å². The smallest absolute Gasteiger partial charge is 0.231 e. The van der Waals surface area contributed by atoms with E-state index < -0.39 is 0 Å². The summed E-state index contributed by atoms with van der Waals surface area (Å²) in [5.74, 6) is 1.09. The molecule has 4 aromatic rings. The minimum Gasteiger partial charge on any atom is -0.454 e. The molecule has 2 aliphatic heterocycles. The molecule has 0 radical (unpaired) electrons. The Hall–Kier alpha value is -3.91. The SMILES string of the molecule is Fc1cccc(-n2cccc2[C@H]2[C@@H](c3ccccn3)NC(=S)N2c2ccc3c(c2)OCO3)c1. The zero-order valence-corrected chi connectivity index (χ0v) is 18.2. The lowest BCUT2D eigenvalue weighted by Crippen LogP contribution is -2.30. The van der Waals surface area contributed by atoms with Crippen LogP contribution in [0.2, 0.25) is 0 Å². The van der Waals surface area contributed by atoms with E-state index in [1.807, 2.05) is 65.4 Å². The molecule has 6 nitrogen and oxygen atoms in total. The molecule has 0 bridgehead atoms. The van der Waals surface area contributed by atoms with Crippen molar-refractivity contribution in [2.45, 2.75) is 12.1 Å². The summed E-state index contributed by atoms with van der Waals surface area (Å²) in [5.41, 5.74) is 3.41. The van der Waals surface area contributed by atoms with Crippen LogP contribution in [-0.2, 0) is 0 Å². The van der Waals surface area contributed by atoms with Gasteiger partial charge in [0, 0.05) is 35.5 Å². The summed E-state index contributed by atoms with van der Waals surface area (Å²) in [6, 6.07) is 21.7. The number of nitrogens with zero attached hydrogens (tertiary/aromatic N) is 3. The average molecular weight is 459 g/mol.